The second kappa shape index (κ2) is 7.61. The maximum absolute atomic E-state index is 13.7. The van der Waals surface area contributed by atoms with E-state index in [0.29, 0.717) is 5.56 Å². The van der Waals surface area contributed by atoms with Crippen molar-refractivity contribution in [1.82, 2.24) is 5.32 Å². The Balaban J connectivity index is 0.00000220. The van der Waals surface area contributed by atoms with E-state index in [-0.39, 0.29) is 42.1 Å². The zero-order valence-corrected chi connectivity index (χ0v) is 13.1. The normalized spacial score (nSPS) is 22.3. The Kier molecular flexibility index (Phi) is 6.42. The highest BCUT2D eigenvalue weighted by Crippen LogP contribution is 2.26. The van der Waals surface area contributed by atoms with Gasteiger partial charge in [-0.3, -0.25) is 4.79 Å². The topological polar surface area (TPSA) is 64.3 Å². The van der Waals surface area contributed by atoms with Gasteiger partial charge in [-0.05, 0) is 37.5 Å². The lowest BCUT2D eigenvalue weighted by Gasteiger charge is -2.20. The molecule has 2 rings (SSSR count). The number of nitrogens with two attached hydrogens (primary N) is 1. The number of carbonyl (C=O) groups is 1. The molecule has 0 bridgehead atoms. The van der Waals surface area contributed by atoms with Gasteiger partial charge < -0.3 is 15.8 Å². The van der Waals surface area contributed by atoms with Crippen LogP contribution >= 0.6 is 12.4 Å². The van der Waals surface area contributed by atoms with E-state index in [0.717, 1.165) is 19.3 Å². The van der Waals surface area contributed by atoms with Crippen molar-refractivity contribution in [2.75, 3.05) is 7.11 Å². The molecule has 1 aromatic carbocycles. The lowest BCUT2D eigenvalue weighted by molar-refractivity contribution is -0.125. The molecule has 3 N–H and O–H groups in total. The summed E-state index contributed by atoms with van der Waals surface area (Å²) in [7, 11) is 1.42. The highest BCUT2D eigenvalue weighted by atomic mass is 35.5. The molecule has 0 spiro atoms. The minimum Gasteiger partial charge on any atom is -0.494 e. The van der Waals surface area contributed by atoms with Crippen LogP contribution in [-0.4, -0.2) is 19.1 Å². The second-order valence-electron chi connectivity index (χ2n) is 5.33. The highest BCUT2D eigenvalue weighted by molar-refractivity contribution is 5.85. The zero-order chi connectivity index (χ0) is 14.7. The molecule has 0 heterocycles. The van der Waals surface area contributed by atoms with Crippen LogP contribution in [0, 0.1) is 11.7 Å². The number of halogens is 2. The average molecular weight is 317 g/mol. The predicted molar refractivity (Wildman–Crippen MR) is 82.1 cm³/mol. The second-order valence-corrected chi connectivity index (χ2v) is 5.33. The SMILES string of the molecule is COc1ccc(C(C)NC(=O)C2CCCC2N)cc1F.Cl. The largest absolute Gasteiger partial charge is 0.494 e. The summed E-state index contributed by atoms with van der Waals surface area (Å²) >= 11 is 0. The van der Waals surface area contributed by atoms with Crippen LogP contribution in [0.4, 0.5) is 4.39 Å². The van der Waals surface area contributed by atoms with E-state index in [1.165, 1.54) is 13.2 Å². The van der Waals surface area contributed by atoms with Gasteiger partial charge in [0.05, 0.1) is 19.1 Å². The molecule has 1 amide bonds. The van der Waals surface area contributed by atoms with E-state index in [1.54, 1.807) is 12.1 Å². The Hall–Kier alpha value is -1.33. The summed E-state index contributed by atoms with van der Waals surface area (Å²) in [4.78, 5) is 12.1. The number of carbonyl (C=O) groups excluding carboxylic acids is 1. The Morgan fingerprint density at radius 2 is 2.19 bits per heavy atom. The maximum Gasteiger partial charge on any atom is 0.225 e. The molecule has 0 radical (unpaired) electrons. The number of amides is 1. The molecule has 0 saturated heterocycles. The molecule has 0 aromatic heterocycles. The van der Waals surface area contributed by atoms with Crippen LogP contribution in [0.2, 0.25) is 0 Å². The molecule has 3 atom stereocenters. The third-order valence-electron chi connectivity index (χ3n) is 3.94. The lowest BCUT2D eigenvalue weighted by Crippen LogP contribution is -2.39. The molecule has 1 aliphatic carbocycles. The van der Waals surface area contributed by atoms with E-state index in [1.807, 2.05) is 6.92 Å². The van der Waals surface area contributed by atoms with Gasteiger partial charge in [0.2, 0.25) is 5.91 Å². The Bertz CT molecular complexity index is 499. The van der Waals surface area contributed by atoms with Gasteiger partial charge in [-0.1, -0.05) is 12.5 Å². The van der Waals surface area contributed by atoms with Gasteiger partial charge in [0.1, 0.15) is 0 Å². The minimum absolute atomic E-state index is 0. The van der Waals surface area contributed by atoms with Crippen LogP contribution in [0.25, 0.3) is 0 Å². The Labute approximate surface area is 130 Å². The van der Waals surface area contributed by atoms with Crippen molar-refractivity contribution in [1.29, 1.82) is 0 Å². The van der Waals surface area contributed by atoms with Gasteiger partial charge >= 0.3 is 0 Å². The number of methoxy groups -OCH3 is 1. The molecule has 1 saturated carbocycles. The third-order valence-corrected chi connectivity index (χ3v) is 3.94. The smallest absolute Gasteiger partial charge is 0.225 e. The van der Waals surface area contributed by atoms with Crippen molar-refractivity contribution in [2.24, 2.45) is 11.7 Å². The van der Waals surface area contributed by atoms with Crippen molar-refractivity contribution >= 4 is 18.3 Å². The Morgan fingerprint density at radius 3 is 2.71 bits per heavy atom. The van der Waals surface area contributed by atoms with Gasteiger partial charge in [0.25, 0.3) is 0 Å². The van der Waals surface area contributed by atoms with E-state index < -0.39 is 5.82 Å². The van der Waals surface area contributed by atoms with Gasteiger partial charge in [-0.15, -0.1) is 12.4 Å². The summed E-state index contributed by atoms with van der Waals surface area (Å²) in [5, 5.41) is 2.91. The summed E-state index contributed by atoms with van der Waals surface area (Å²) in [6.45, 7) is 1.83. The monoisotopic (exact) mass is 316 g/mol. The summed E-state index contributed by atoms with van der Waals surface area (Å²) in [5.41, 5.74) is 6.63. The summed E-state index contributed by atoms with van der Waals surface area (Å²) in [5.74, 6) is -0.395. The lowest BCUT2D eigenvalue weighted by atomic mass is 10.0. The summed E-state index contributed by atoms with van der Waals surface area (Å²) in [6.07, 6.45) is 2.71. The summed E-state index contributed by atoms with van der Waals surface area (Å²) < 4.78 is 18.5. The number of nitrogens with one attached hydrogen (secondary N) is 1. The third kappa shape index (κ3) is 4.08. The summed E-state index contributed by atoms with van der Waals surface area (Å²) in [6, 6.07) is 4.39. The number of hydrogen-bond donors (Lipinski definition) is 2. The first-order valence-corrected chi connectivity index (χ1v) is 6.92. The molecule has 3 unspecified atom stereocenters. The fourth-order valence-electron chi connectivity index (χ4n) is 2.67. The quantitative estimate of drug-likeness (QED) is 0.897. The van der Waals surface area contributed by atoms with Crippen LogP contribution in [-0.2, 0) is 4.79 Å². The van der Waals surface area contributed by atoms with Crippen molar-refractivity contribution < 1.29 is 13.9 Å². The molecule has 1 aromatic rings. The number of rotatable bonds is 4. The molecule has 21 heavy (non-hydrogen) atoms. The van der Waals surface area contributed by atoms with Crippen molar-refractivity contribution in [3.8, 4) is 5.75 Å². The minimum atomic E-state index is -0.427. The number of ether oxygens (including phenoxy) is 1. The molecule has 118 valence electrons. The molecule has 6 heteroatoms. The van der Waals surface area contributed by atoms with E-state index in [9.17, 15) is 9.18 Å². The van der Waals surface area contributed by atoms with Gasteiger partial charge in [-0.2, -0.15) is 0 Å². The fraction of sp³-hybridized carbons (Fsp3) is 0.533. The first-order valence-electron chi connectivity index (χ1n) is 6.92. The standard InChI is InChI=1S/C15H21FN2O2.ClH/c1-9(10-6-7-14(20-2)12(16)8-10)18-15(19)11-4-3-5-13(11)17;/h6-9,11,13H,3-5,17H2,1-2H3,(H,18,19);1H. The van der Waals surface area contributed by atoms with Gasteiger partial charge in [0, 0.05) is 6.04 Å². The zero-order valence-electron chi connectivity index (χ0n) is 12.3. The van der Waals surface area contributed by atoms with Crippen LogP contribution in [0.3, 0.4) is 0 Å². The first-order chi connectivity index (χ1) is 9.52. The van der Waals surface area contributed by atoms with Crippen molar-refractivity contribution in [3.05, 3.63) is 29.6 Å². The molecule has 0 aliphatic heterocycles. The first kappa shape index (κ1) is 17.7. The molecular weight excluding hydrogens is 295 g/mol. The fourth-order valence-corrected chi connectivity index (χ4v) is 2.67. The predicted octanol–water partition coefficient (Wildman–Crippen LogP) is 2.56. The van der Waals surface area contributed by atoms with Crippen molar-refractivity contribution in [2.45, 2.75) is 38.3 Å². The van der Waals surface area contributed by atoms with E-state index in [4.69, 9.17) is 10.5 Å². The Morgan fingerprint density at radius 1 is 1.48 bits per heavy atom. The van der Waals surface area contributed by atoms with E-state index in [2.05, 4.69) is 5.32 Å². The van der Waals surface area contributed by atoms with Gasteiger partial charge in [0.15, 0.2) is 11.6 Å². The molecule has 4 nitrogen and oxygen atoms in total. The van der Waals surface area contributed by atoms with Crippen LogP contribution in [0.5, 0.6) is 5.75 Å². The molecule has 1 fully saturated rings. The number of benzene rings is 1. The highest BCUT2D eigenvalue weighted by Gasteiger charge is 2.30. The van der Waals surface area contributed by atoms with Crippen molar-refractivity contribution in [3.63, 3.8) is 0 Å². The van der Waals surface area contributed by atoms with Gasteiger partial charge in [-0.25, -0.2) is 4.39 Å². The maximum atomic E-state index is 13.7. The molecular formula is C15H22ClFN2O2. The average Bonchev–Trinajstić information content (AvgIpc) is 2.84. The van der Waals surface area contributed by atoms with Crippen LogP contribution in [0.1, 0.15) is 37.8 Å². The van der Waals surface area contributed by atoms with Crippen LogP contribution < -0.4 is 15.8 Å². The van der Waals surface area contributed by atoms with E-state index >= 15 is 0 Å². The van der Waals surface area contributed by atoms with Crippen LogP contribution in [0.15, 0.2) is 18.2 Å². The number of hydrogen-bond acceptors (Lipinski definition) is 3. The molecule has 1 aliphatic rings.